The third kappa shape index (κ3) is 2.61. The van der Waals surface area contributed by atoms with Gasteiger partial charge in [0.2, 0.25) is 5.95 Å². The van der Waals surface area contributed by atoms with Crippen LogP contribution in [0.3, 0.4) is 0 Å². The highest BCUT2D eigenvalue weighted by molar-refractivity contribution is 8.00. The van der Waals surface area contributed by atoms with E-state index in [2.05, 4.69) is 10.3 Å². The minimum absolute atomic E-state index is 0.422. The lowest BCUT2D eigenvalue weighted by Crippen LogP contribution is -2.13. The molecule has 2 nitrogen and oxygen atoms in total. The Labute approximate surface area is 87.3 Å². The van der Waals surface area contributed by atoms with Crippen LogP contribution in [0.5, 0.6) is 0 Å². The van der Waals surface area contributed by atoms with Gasteiger partial charge >= 0.3 is 0 Å². The van der Waals surface area contributed by atoms with Crippen molar-refractivity contribution in [1.82, 2.24) is 4.98 Å². The van der Waals surface area contributed by atoms with Gasteiger partial charge in [0.05, 0.1) is 0 Å². The van der Waals surface area contributed by atoms with E-state index < -0.39 is 5.95 Å². The highest BCUT2D eigenvalue weighted by atomic mass is 32.2. The summed E-state index contributed by atoms with van der Waals surface area (Å²) in [5.74, 6) is 0.839. The van der Waals surface area contributed by atoms with Crippen molar-refractivity contribution in [3.63, 3.8) is 0 Å². The van der Waals surface area contributed by atoms with E-state index in [1.807, 2.05) is 11.8 Å². The smallest absolute Gasteiger partial charge is 0.214 e. The SMILES string of the molecule is Fc1cc(NCC2CCCS2)ccn1. The van der Waals surface area contributed by atoms with Crippen LogP contribution in [0.15, 0.2) is 18.3 Å². The Morgan fingerprint density at radius 2 is 2.57 bits per heavy atom. The Morgan fingerprint density at radius 1 is 1.64 bits per heavy atom. The lowest BCUT2D eigenvalue weighted by molar-refractivity contribution is 0.584. The molecular formula is C10H13FN2S. The Bertz CT molecular complexity index is 300. The van der Waals surface area contributed by atoms with E-state index in [0.717, 1.165) is 12.2 Å². The fraction of sp³-hybridized carbons (Fsp3) is 0.500. The highest BCUT2D eigenvalue weighted by Crippen LogP contribution is 2.26. The first kappa shape index (κ1) is 9.77. The molecule has 1 aliphatic heterocycles. The van der Waals surface area contributed by atoms with Crippen LogP contribution in [0, 0.1) is 5.95 Å². The van der Waals surface area contributed by atoms with Crippen LogP contribution in [0.25, 0.3) is 0 Å². The molecule has 0 saturated carbocycles. The molecule has 4 heteroatoms. The summed E-state index contributed by atoms with van der Waals surface area (Å²) in [7, 11) is 0. The lowest BCUT2D eigenvalue weighted by atomic mass is 10.2. The van der Waals surface area contributed by atoms with Gasteiger partial charge in [-0.2, -0.15) is 16.2 Å². The fourth-order valence-electron chi connectivity index (χ4n) is 1.55. The number of pyridine rings is 1. The van der Waals surface area contributed by atoms with Crippen LogP contribution < -0.4 is 5.32 Å². The third-order valence-electron chi connectivity index (χ3n) is 2.28. The van der Waals surface area contributed by atoms with Crippen LogP contribution in [0.2, 0.25) is 0 Å². The Balaban J connectivity index is 1.85. The number of hydrogen-bond donors (Lipinski definition) is 1. The van der Waals surface area contributed by atoms with Gasteiger partial charge in [-0.15, -0.1) is 0 Å². The summed E-state index contributed by atoms with van der Waals surface area (Å²) in [6.45, 7) is 0.925. The van der Waals surface area contributed by atoms with Gasteiger partial charge in [0.15, 0.2) is 0 Å². The van der Waals surface area contributed by atoms with Gasteiger partial charge in [-0.25, -0.2) is 4.98 Å². The molecule has 1 aromatic rings. The summed E-state index contributed by atoms with van der Waals surface area (Å²) < 4.78 is 12.7. The minimum Gasteiger partial charge on any atom is -0.384 e. The zero-order valence-corrected chi connectivity index (χ0v) is 8.69. The standard InChI is InChI=1S/C10H13FN2S/c11-10-6-8(3-4-12-10)13-7-9-2-1-5-14-9/h3-4,6,9H,1-2,5,7H2,(H,12,13). The average Bonchev–Trinajstić information content (AvgIpc) is 2.67. The normalized spacial score (nSPS) is 21.1. The Morgan fingerprint density at radius 3 is 3.29 bits per heavy atom. The van der Waals surface area contributed by atoms with E-state index in [-0.39, 0.29) is 0 Å². The molecular weight excluding hydrogens is 199 g/mol. The van der Waals surface area contributed by atoms with E-state index in [1.165, 1.54) is 30.9 Å². The molecule has 2 rings (SSSR count). The molecule has 1 N–H and O–H groups in total. The van der Waals surface area contributed by atoms with Gasteiger partial charge in [-0.3, -0.25) is 0 Å². The molecule has 0 spiro atoms. The van der Waals surface area contributed by atoms with Crippen molar-refractivity contribution in [3.8, 4) is 0 Å². The number of aromatic nitrogens is 1. The van der Waals surface area contributed by atoms with Crippen molar-refractivity contribution in [1.29, 1.82) is 0 Å². The number of hydrogen-bond acceptors (Lipinski definition) is 3. The van der Waals surface area contributed by atoms with Gasteiger partial charge in [-0.05, 0) is 24.7 Å². The maximum atomic E-state index is 12.7. The lowest BCUT2D eigenvalue weighted by Gasteiger charge is -2.10. The molecule has 14 heavy (non-hydrogen) atoms. The highest BCUT2D eigenvalue weighted by Gasteiger charge is 2.14. The Hall–Kier alpha value is -0.770. The summed E-state index contributed by atoms with van der Waals surface area (Å²) in [5, 5.41) is 3.91. The second kappa shape index (κ2) is 4.64. The zero-order chi connectivity index (χ0) is 9.80. The van der Waals surface area contributed by atoms with Crippen molar-refractivity contribution in [3.05, 3.63) is 24.3 Å². The van der Waals surface area contributed by atoms with Gasteiger partial charge in [0.1, 0.15) is 0 Å². The van der Waals surface area contributed by atoms with Gasteiger partial charge < -0.3 is 5.32 Å². The number of nitrogens with zero attached hydrogens (tertiary/aromatic N) is 1. The number of anilines is 1. The molecule has 1 aliphatic rings. The van der Waals surface area contributed by atoms with Crippen molar-refractivity contribution >= 4 is 17.4 Å². The number of rotatable bonds is 3. The maximum absolute atomic E-state index is 12.7. The molecule has 2 heterocycles. The molecule has 0 radical (unpaired) electrons. The van der Waals surface area contributed by atoms with Crippen LogP contribution in [0.1, 0.15) is 12.8 Å². The predicted molar refractivity (Wildman–Crippen MR) is 58.2 cm³/mol. The molecule has 0 aromatic carbocycles. The molecule has 1 atom stereocenters. The molecule has 1 aromatic heterocycles. The van der Waals surface area contributed by atoms with Crippen LogP contribution >= 0.6 is 11.8 Å². The van der Waals surface area contributed by atoms with Gasteiger partial charge in [0, 0.05) is 29.7 Å². The first-order valence-corrected chi connectivity index (χ1v) is 5.86. The van der Waals surface area contributed by atoms with Crippen molar-refractivity contribution in [2.24, 2.45) is 0 Å². The molecule has 1 fully saturated rings. The van der Waals surface area contributed by atoms with E-state index >= 15 is 0 Å². The summed E-state index contributed by atoms with van der Waals surface area (Å²) in [6, 6.07) is 3.22. The number of thioether (sulfide) groups is 1. The van der Waals surface area contributed by atoms with Crippen molar-refractivity contribution < 1.29 is 4.39 Å². The van der Waals surface area contributed by atoms with Gasteiger partial charge in [0.25, 0.3) is 0 Å². The maximum Gasteiger partial charge on any atom is 0.214 e. The van der Waals surface area contributed by atoms with E-state index in [4.69, 9.17) is 0 Å². The topological polar surface area (TPSA) is 24.9 Å². The fourth-order valence-corrected chi connectivity index (χ4v) is 2.75. The van der Waals surface area contributed by atoms with Crippen LogP contribution in [0.4, 0.5) is 10.1 Å². The summed E-state index contributed by atoms with van der Waals surface area (Å²) in [5.41, 5.74) is 0.824. The second-order valence-corrected chi connectivity index (χ2v) is 4.79. The molecule has 0 amide bonds. The van der Waals surface area contributed by atoms with Crippen molar-refractivity contribution in [2.75, 3.05) is 17.6 Å². The zero-order valence-electron chi connectivity index (χ0n) is 7.87. The van der Waals surface area contributed by atoms with E-state index in [9.17, 15) is 4.39 Å². The number of halogens is 1. The summed E-state index contributed by atoms with van der Waals surface area (Å²) in [4.78, 5) is 3.51. The minimum atomic E-state index is -0.422. The Kier molecular flexibility index (Phi) is 3.24. The molecule has 1 saturated heterocycles. The summed E-state index contributed by atoms with van der Waals surface area (Å²) >= 11 is 1.99. The molecule has 76 valence electrons. The van der Waals surface area contributed by atoms with Crippen LogP contribution in [-0.4, -0.2) is 22.5 Å². The number of nitrogens with one attached hydrogen (secondary N) is 1. The first-order valence-electron chi connectivity index (χ1n) is 4.81. The predicted octanol–water partition coefficient (Wildman–Crippen LogP) is 2.53. The molecule has 1 unspecified atom stereocenters. The molecule has 0 bridgehead atoms. The molecule has 0 aliphatic carbocycles. The average molecular weight is 212 g/mol. The summed E-state index contributed by atoms with van der Waals surface area (Å²) in [6.07, 6.45) is 4.06. The largest absolute Gasteiger partial charge is 0.384 e. The van der Waals surface area contributed by atoms with Crippen molar-refractivity contribution in [2.45, 2.75) is 18.1 Å². The quantitative estimate of drug-likeness (QED) is 0.779. The van der Waals surface area contributed by atoms with Crippen LogP contribution in [-0.2, 0) is 0 Å². The van der Waals surface area contributed by atoms with E-state index in [1.54, 1.807) is 6.07 Å². The van der Waals surface area contributed by atoms with Gasteiger partial charge in [-0.1, -0.05) is 0 Å². The third-order valence-corrected chi connectivity index (χ3v) is 3.68. The first-order chi connectivity index (χ1) is 6.84. The second-order valence-electron chi connectivity index (χ2n) is 3.38. The monoisotopic (exact) mass is 212 g/mol. The van der Waals surface area contributed by atoms with E-state index in [0.29, 0.717) is 5.25 Å².